The van der Waals surface area contributed by atoms with Gasteiger partial charge in [0.15, 0.2) is 17.5 Å². The van der Waals surface area contributed by atoms with Crippen molar-refractivity contribution < 1.29 is 4.42 Å². The molecule has 0 aliphatic carbocycles. The highest BCUT2D eigenvalue weighted by Crippen LogP contribution is 2.44. The van der Waals surface area contributed by atoms with Crippen molar-refractivity contribution in [1.82, 2.24) is 19.5 Å². The molecule has 0 aliphatic rings. The number of fused-ring (bicyclic) bond motifs is 8. The molecule has 0 unspecified atom stereocenters. The third-order valence-corrected chi connectivity index (χ3v) is 10.2. The highest BCUT2D eigenvalue weighted by atomic mass is 16.3. The van der Waals surface area contributed by atoms with Crippen molar-refractivity contribution in [1.29, 1.82) is 0 Å². The molecule has 0 bridgehead atoms. The van der Waals surface area contributed by atoms with Gasteiger partial charge in [0.25, 0.3) is 0 Å². The van der Waals surface area contributed by atoms with Crippen molar-refractivity contribution in [3.05, 3.63) is 170 Å². The minimum absolute atomic E-state index is 0.589. The first-order valence-electron chi connectivity index (χ1n) is 17.5. The van der Waals surface area contributed by atoms with Gasteiger partial charge in [0.05, 0.1) is 22.1 Å². The van der Waals surface area contributed by atoms with Gasteiger partial charge in [-0.05, 0) is 57.9 Å². The molecule has 0 saturated heterocycles. The van der Waals surface area contributed by atoms with E-state index in [2.05, 4.69) is 144 Å². The van der Waals surface area contributed by atoms with Crippen LogP contribution in [-0.4, -0.2) is 19.5 Å². The highest BCUT2D eigenvalue weighted by molar-refractivity contribution is 6.18. The molecule has 0 saturated carbocycles. The fraction of sp³-hybridized carbons (Fsp3) is 0. The van der Waals surface area contributed by atoms with E-state index in [9.17, 15) is 0 Å². The summed E-state index contributed by atoms with van der Waals surface area (Å²) in [5.74, 6) is 1.83. The molecule has 5 nitrogen and oxygen atoms in total. The Morgan fingerprint density at radius 1 is 0.385 bits per heavy atom. The molecule has 3 heterocycles. The van der Waals surface area contributed by atoms with Crippen LogP contribution in [0.4, 0.5) is 0 Å². The molecule has 242 valence electrons. The molecule has 52 heavy (non-hydrogen) atoms. The van der Waals surface area contributed by atoms with Crippen LogP contribution in [0.15, 0.2) is 174 Å². The molecule has 11 aromatic rings. The van der Waals surface area contributed by atoms with Gasteiger partial charge in [-0.25, -0.2) is 15.0 Å². The predicted molar refractivity (Wildman–Crippen MR) is 213 cm³/mol. The quantitative estimate of drug-likeness (QED) is 0.188. The molecule has 0 fully saturated rings. The minimum atomic E-state index is 0.589. The number of rotatable bonds is 4. The average molecular weight is 665 g/mol. The molecule has 0 aliphatic heterocycles. The SMILES string of the molecule is c1ccc(-c2nc(-c3ccc4oc5ccccc5c4c3-n3c4ccccc4c4cc5ccccc5cc43)nc(-c3cccc4ccccc34)n2)cc1. The van der Waals surface area contributed by atoms with Gasteiger partial charge in [0, 0.05) is 32.8 Å². The molecule has 0 amide bonds. The van der Waals surface area contributed by atoms with Gasteiger partial charge in [-0.2, -0.15) is 0 Å². The summed E-state index contributed by atoms with van der Waals surface area (Å²) in [6.45, 7) is 0. The Kier molecular flexibility index (Phi) is 6.18. The van der Waals surface area contributed by atoms with E-state index in [1.54, 1.807) is 0 Å². The van der Waals surface area contributed by atoms with Gasteiger partial charge >= 0.3 is 0 Å². The number of furan rings is 1. The molecule has 0 radical (unpaired) electrons. The second-order valence-corrected chi connectivity index (χ2v) is 13.2. The molecular formula is C47H28N4O. The zero-order valence-corrected chi connectivity index (χ0v) is 27.9. The third kappa shape index (κ3) is 4.33. The Bertz CT molecular complexity index is 3190. The molecule has 0 spiro atoms. The van der Waals surface area contributed by atoms with Crippen molar-refractivity contribution in [2.45, 2.75) is 0 Å². The smallest absolute Gasteiger partial charge is 0.166 e. The van der Waals surface area contributed by atoms with Crippen LogP contribution in [0.1, 0.15) is 0 Å². The van der Waals surface area contributed by atoms with E-state index in [1.165, 1.54) is 21.5 Å². The molecule has 0 N–H and O–H groups in total. The summed E-state index contributed by atoms with van der Waals surface area (Å²) in [7, 11) is 0. The zero-order valence-electron chi connectivity index (χ0n) is 27.9. The van der Waals surface area contributed by atoms with Gasteiger partial charge in [-0.15, -0.1) is 0 Å². The maximum absolute atomic E-state index is 6.54. The van der Waals surface area contributed by atoms with E-state index >= 15 is 0 Å². The van der Waals surface area contributed by atoms with Crippen molar-refractivity contribution in [3.8, 4) is 39.9 Å². The van der Waals surface area contributed by atoms with E-state index in [0.717, 1.165) is 66.1 Å². The topological polar surface area (TPSA) is 56.7 Å². The normalized spacial score (nSPS) is 11.8. The lowest BCUT2D eigenvalue weighted by Crippen LogP contribution is -2.04. The second kappa shape index (κ2) is 11.2. The van der Waals surface area contributed by atoms with E-state index < -0.39 is 0 Å². The summed E-state index contributed by atoms with van der Waals surface area (Å²) >= 11 is 0. The minimum Gasteiger partial charge on any atom is -0.456 e. The van der Waals surface area contributed by atoms with Gasteiger partial charge in [0.1, 0.15) is 11.2 Å². The van der Waals surface area contributed by atoms with Gasteiger partial charge in [-0.1, -0.05) is 133 Å². The number of nitrogens with zero attached hydrogens (tertiary/aromatic N) is 4. The van der Waals surface area contributed by atoms with Crippen LogP contribution in [0.25, 0.3) is 105 Å². The zero-order chi connectivity index (χ0) is 34.2. The Morgan fingerprint density at radius 2 is 1.02 bits per heavy atom. The lowest BCUT2D eigenvalue weighted by atomic mass is 10.0. The van der Waals surface area contributed by atoms with E-state index in [4.69, 9.17) is 19.4 Å². The monoisotopic (exact) mass is 664 g/mol. The summed E-state index contributed by atoms with van der Waals surface area (Å²) in [4.78, 5) is 15.7. The summed E-state index contributed by atoms with van der Waals surface area (Å²) < 4.78 is 8.93. The first-order valence-corrected chi connectivity index (χ1v) is 17.5. The molecule has 3 aromatic heterocycles. The summed E-state index contributed by atoms with van der Waals surface area (Å²) in [6.07, 6.45) is 0. The second-order valence-electron chi connectivity index (χ2n) is 13.2. The number of hydrogen-bond donors (Lipinski definition) is 0. The van der Waals surface area contributed by atoms with Crippen LogP contribution in [-0.2, 0) is 0 Å². The van der Waals surface area contributed by atoms with Crippen molar-refractivity contribution in [2.24, 2.45) is 0 Å². The van der Waals surface area contributed by atoms with Gasteiger partial charge < -0.3 is 8.98 Å². The van der Waals surface area contributed by atoms with Crippen molar-refractivity contribution in [2.75, 3.05) is 0 Å². The van der Waals surface area contributed by atoms with Crippen molar-refractivity contribution in [3.63, 3.8) is 0 Å². The van der Waals surface area contributed by atoms with Crippen LogP contribution < -0.4 is 0 Å². The molecule has 0 atom stereocenters. The van der Waals surface area contributed by atoms with Crippen LogP contribution >= 0.6 is 0 Å². The number of aromatic nitrogens is 4. The highest BCUT2D eigenvalue weighted by Gasteiger charge is 2.24. The average Bonchev–Trinajstić information content (AvgIpc) is 3.75. The van der Waals surface area contributed by atoms with Crippen LogP contribution in [0.2, 0.25) is 0 Å². The molecule has 8 aromatic carbocycles. The maximum atomic E-state index is 6.54. The lowest BCUT2D eigenvalue weighted by Gasteiger charge is -2.16. The summed E-state index contributed by atoms with van der Waals surface area (Å²) in [6, 6.07) is 59.1. The standard InChI is InChI=1S/C47H28N4O/c1-2-14-30(15-3-1)45-48-46(35-22-12-18-29-13-6-7-19-33(29)35)50-47(49-45)37-25-26-42-43(36-21-9-11-24-41(36)52-42)44(37)51-39-23-10-8-20-34(39)38-27-31-16-4-5-17-32(31)28-40(38)51/h1-28H. The fourth-order valence-corrected chi connectivity index (χ4v) is 7.86. The summed E-state index contributed by atoms with van der Waals surface area (Å²) in [5, 5.41) is 9.01. The lowest BCUT2D eigenvalue weighted by molar-refractivity contribution is 0.669. The van der Waals surface area contributed by atoms with Crippen LogP contribution in [0.3, 0.4) is 0 Å². The summed E-state index contributed by atoms with van der Waals surface area (Å²) in [5.41, 5.74) is 7.57. The number of para-hydroxylation sites is 2. The van der Waals surface area contributed by atoms with E-state index in [-0.39, 0.29) is 0 Å². The fourth-order valence-electron chi connectivity index (χ4n) is 7.86. The molecular weight excluding hydrogens is 637 g/mol. The molecule has 5 heteroatoms. The largest absolute Gasteiger partial charge is 0.456 e. The maximum Gasteiger partial charge on any atom is 0.166 e. The van der Waals surface area contributed by atoms with Gasteiger partial charge in [-0.3, -0.25) is 0 Å². The Morgan fingerprint density at radius 3 is 1.87 bits per heavy atom. The first kappa shape index (κ1) is 28.7. The molecule has 11 rings (SSSR count). The first-order chi connectivity index (χ1) is 25.8. The van der Waals surface area contributed by atoms with Crippen LogP contribution in [0, 0.1) is 0 Å². The number of benzene rings is 8. The number of hydrogen-bond acceptors (Lipinski definition) is 4. The van der Waals surface area contributed by atoms with Crippen LogP contribution in [0.5, 0.6) is 0 Å². The van der Waals surface area contributed by atoms with E-state index in [0.29, 0.717) is 17.5 Å². The third-order valence-electron chi connectivity index (χ3n) is 10.2. The van der Waals surface area contributed by atoms with Crippen molar-refractivity contribution >= 4 is 65.3 Å². The van der Waals surface area contributed by atoms with Gasteiger partial charge in [0.2, 0.25) is 0 Å². The Balaban J connectivity index is 1.30. The Labute approximate surface area is 298 Å². The predicted octanol–water partition coefficient (Wildman–Crippen LogP) is 12.2. The Hall–Kier alpha value is -7.11. The van der Waals surface area contributed by atoms with E-state index in [1.807, 2.05) is 30.3 Å².